The van der Waals surface area contributed by atoms with Crippen LogP contribution in [0.25, 0.3) is 0 Å². The van der Waals surface area contributed by atoms with Crippen molar-refractivity contribution in [1.82, 2.24) is 5.32 Å². The van der Waals surface area contributed by atoms with Crippen molar-refractivity contribution in [2.45, 2.75) is 38.3 Å². The van der Waals surface area contributed by atoms with Gasteiger partial charge in [0.1, 0.15) is 5.41 Å². The van der Waals surface area contributed by atoms with Crippen molar-refractivity contribution in [3.05, 3.63) is 0 Å². The zero-order valence-corrected chi connectivity index (χ0v) is 9.76. The Morgan fingerprint density at radius 2 is 2.00 bits per heavy atom. The number of carbonyl (C=O) groups excluding carboxylic acids is 1. The van der Waals surface area contributed by atoms with Crippen molar-refractivity contribution in [2.24, 2.45) is 16.3 Å². The van der Waals surface area contributed by atoms with Gasteiger partial charge in [0.25, 0.3) is 0 Å². The van der Waals surface area contributed by atoms with E-state index >= 15 is 0 Å². The SMILES string of the molecule is NC(=NO)C1(C(=O)NCCCCC(F)(F)F)CC1. The molecule has 5 nitrogen and oxygen atoms in total. The van der Waals surface area contributed by atoms with Crippen LogP contribution in [-0.4, -0.2) is 29.7 Å². The lowest BCUT2D eigenvalue weighted by Crippen LogP contribution is -2.41. The van der Waals surface area contributed by atoms with Crippen LogP contribution in [0, 0.1) is 5.41 Å². The van der Waals surface area contributed by atoms with E-state index in [4.69, 9.17) is 10.9 Å². The molecule has 1 rings (SSSR count). The van der Waals surface area contributed by atoms with E-state index in [1.54, 1.807) is 0 Å². The summed E-state index contributed by atoms with van der Waals surface area (Å²) in [6.07, 6.45) is -3.80. The van der Waals surface area contributed by atoms with Crippen LogP contribution in [0.1, 0.15) is 32.1 Å². The van der Waals surface area contributed by atoms with Gasteiger partial charge in [-0.15, -0.1) is 0 Å². The second-order valence-corrected chi connectivity index (χ2v) is 4.40. The van der Waals surface area contributed by atoms with E-state index in [0.29, 0.717) is 12.8 Å². The number of unbranched alkanes of at least 4 members (excludes halogenated alkanes) is 1. The lowest BCUT2D eigenvalue weighted by molar-refractivity contribution is -0.135. The van der Waals surface area contributed by atoms with Gasteiger partial charge in [-0.25, -0.2) is 0 Å². The molecule has 1 saturated carbocycles. The highest BCUT2D eigenvalue weighted by Crippen LogP contribution is 2.45. The Bertz CT molecular complexity index is 338. The maximum atomic E-state index is 11.8. The zero-order chi connectivity index (χ0) is 13.8. The van der Waals surface area contributed by atoms with E-state index in [9.17, 15) is 18.0 Å². The first-order valence-electron chi connectivity index (χ1n) is 5.65. The summed E-state index contributed by atoms with van der Waals surface area (Å²) in [5.74, 6) is -0.528. The Hall–Kier alpha value is -1.47. The number of nitrogens with one attached hydrogen (secondary N) is 1. The molecule has 1 amide bonds. The lowest BCUT2D eigenvalue weighted by atomic mass is 10.1. The molecule has 1 aliphatic carbocycles. The van der Waals surface area contributed by atoms with Gasteiger partial charge in [-0.1, -0.05) is 5.16 Å². The minimum absolute atomic E-state index is 0.0274. The molecule has 0 spiro atoms. The van der Waals surface area contributed by atoms with Crippen LogP contribution in [0.15, 0.2) is 5.16 Å². The van der Waals surface area contributed by atoms with Crippen molar-refractivity contribution < 1.29 is 23.2 Å². The molecule has 0 aromatic carbocycles. The van der Waals surface area contributed by atoms with E-state index in [2.05, 4.69) is 10.5 Å². The number of hydrogen-bond donors (Lipinski definition) is 3. The fourth-order valence-corrected chi connectivity index (χ4v) is 1.64. The van der Waals surface area contributed by atoms with E-state index in [0.717, 1.165) is 0 Å². The van der Waals surface area contributed by atoms with Crippen LogP contribution >= 0.6 is 0 Å². The average Bonchev–Trinajstić information content (AvgIpc) is 3.07. The number of rotatable bonds is 6. The van der Waals surface area contributed by atoms with E-state index < -0.39 is 18.0 Å². The van der Waals surface area contributed by atoms with Crippen molar-refractivity contribution in [1.29, 1.82) is 0 Å². The summed E-state index contributed by atoms with van der Waals surface area (Å²) < 4.78 is 35.5. The molecule has 1 aliphatic rings. The molecule has 0 aromatic rings. The molecule has 0 unspecified atom stereocenters. The highest BCUT2D eigenvalue weighted by Gasteiger charge is 2.54. The van der Waals surface area contributed by atoms with Crippen molar-refractivity contribution in [3.8, 4) is 0 Å². The number of amidine groups is 1. The summed E-state index contributed by atoms with van der Waals surface area (Å²) in [7, 11) is 0. The largest absolute Gasteiger partial charge is 0.409 e. The summed E-state index contributed by atoms with van der Waals surface area (Å²) >= 11 is 0. The molecule has 0 bridgehead atoms. The van der Waals surface area contributed by atoms with Crippen LogP contribution in [0.4, 0.5) is 13.2 Å². The third kappa shape index (κ3) is 3.78. The van der Waals surface area contributed by atoms with Gasteiger partial charge in [0, 0.05) is 13.0 Å². The van der Waals surface area contributed by atoms with Gasteiger partial charge < -0.3 is 16.3 Å². The molecule has 18 heavy (non-hydrogen) atoms. The van der Waals surface area contributed by atoms with Gasteiger partial charge in [-0.3, -0.25) is 4.79 Å². The van der Waals surface area contributed by atoms with Crippen LogP contribution in [0.3, 0.4) is 0 Å². The molecular weight excluding hydrogens is 251 g/mol. The quantitative estimate of drug-likeness (QED) is 0.223. The monoisotopic (exact) mass is 267 g/mol. The summed E-state index contributed by atoms with van der Waals surface area (Å²) in [5.41, 5.74) is 4.45. The van der Waals surface area contributed by atoms with Crippen molar-refractivity contribution in [2.75, 3.05) is 6.54 Å². The van der Waals surface area contributed by atoms with Crippen LogP contribution in [0.5, 0.6) is 0 Å². The Labute approximate surface area is 102 Å². The number of nitrogens with two attached hydrogens (primary N) is 1. The Balaban J connectivity index is 2.23. The number of hydrogen-bond acceptors (Lipinski definition) is 3. The molecule has 104 valence electrons. The van der Waals surface area contributed by atoms with Crippen molar-refractivity contribution in [3.63, 3.8) is 0 Å². The van der Waals surface area contributed by atoms with Gasteiger partial charge in [0.2, 0.25) is 5.91 Å². The number of nitrogens with zero attached hydrogens (tertiary/aromatic N) is 1. The average molecular weight is 267 g/mol. The highest BCUT2D eigenvalue weighted by atomic mass is 19.4. The van der Waals surface area contributed by atoms with Gasteiger partial charge in [-0.2, -0.15) is 13.2 Å². The van der Waals surface area contributed by atoms with Gasteiger partial charge >= 0.3 is 6.18 Å². The normalized spacial score (nSPS) is 18.5. The van der Waals surface area contributed by atoms with Gasteiger partial charge in [0.15, 0.2) is 5.84 Å². The van der Waals surface area contributed by atoms with E-state index in [1.165, 1.54) is 0 Å². The summed E-state index contributed by atoms with van der Waals surface area (Å²) in [6, 6.07) is 0. The minimum Gasteiger partial charge on any atom is -0.409 e. The minimum atomic E-state index is -4.16. The van der Waals surface area contributed by atoms with Crippen LogP contribution in [0.2, 0.25) is 0 Å². The first kappa shape index (κ1) is 14.6. The second kappa shape index (κ2) is 5.45. The fourth-order valence-electron chi connectivity index (χ4n) is 1.64. The summed E-state index contributed by atoms with van der Waals surface area (Å²) in [4.78, 5) is 11.7. The van der Waals surface area contributed by atoms with Crippen molar-refractivity contribution >= 4 is 11.7 Å². The fraction of sp³-hybridized carbons (Fsp3) is 0.800. The summed E-state index contributed by atoms with van der Waals surface area (Å²) in [5, 5.41) is 13.8. The molecule has 0 saturated heterocycles. The highest BCUT2D eigenvalue weighted by molar-refractivity contribution is 6.09. The molecule has 0 atom stereocenters. The second-order valence-electron chi connectivity index (χ2n) is 4.40. The standard InChI is InChI=1S/C10H16F3N3O2/c11-10(12,13)3-1-2-6-15-8(17)9(4-5-9)7(14)16-18/h18H,1-6H2,(H2,14,16)(H,15,17). The van der Waals surface area contributed by atoms with E-state index in [1.807, 2.05) is 0 Å². The van der Waals surface area contributed by atoms with Gasteiger partial charge in [-0.05, 0) is 25.7 Å². The van der Waals surface area contributed by atoms with Crippen LogP contribution < -0.4 is 11.1 Å². The number of carbonyl (C=O) groups is 1. The predicted molar refractivity (Wildman–Crippen MR) is 58.0 cm³/mol. The lowest BCUT2D eigenvalue weighted by Gasteiger charge is -2.13. The Morgan fingerprint density at radius 1 is 1.39 bits per heavy atom. The molecule has 0 heterocycles. The number of oxime groups is 1. The van der Waals surface area contributed by atoms with Gasteiger partial charge in [0.05, 0.1) is 0 Å². The predicted octanol–water partition coefficient (Wildman–Crippen LogP) is 1.36. The first-order chi connectivity index (χ1) is 8.32. The third-order valence-corrected chi connectivity index (χ3v) is 2.96. The van der Waals surface area contributed by atoms with Crippen LogP contribution in [-0.2, 0) is 4.79 Å². The Kier molecular flexibility index (Phi) is 4.42. The zero-order valence-electron chi connectivity index (χ0n) is 9.76. The van der Waals surface area contributed by atoms with E-state index in [-0.39, 0.29) is 31.1 Å². The first-order valence-corrected chi connectivity index (χ1v) is 5.65. The maximum absolute atomic E-state index is 11.8. The molecule has 1 fully saturated rings. The molecule has 4 N–H and O–H groups in total. The smallest absolute Gasteiger partial charge is 0.389 e. The molecule has 0 radical (unpaired) electrons. The number of alkyl halides is 3. The number of amides is 1. The molecule has 0 aromatic heterocycles. The molecular formula is C10H16F3N3O2. The molecule has 8 heteroatoms. The maximum Gasteiger partial charge on any atom is 0.389 e. The summed E-state index contributed by atoms with van der Waals surface area (Å²) in [6.45, 7) is 0.162. The topological polar surface area (TPSA) is 87.7 Å². The molecule has 0 aliphatic heterocycles. The number of halogens is 3. The third-order valence-electron chi connectivity index (χ3n) is 2.96. The Morgan fingerprint density at radius 3 is 2.44 bits per heavy atom.